The summed E-state index contributed by atoms with van der Waals surface area (Å²) in [7, 11) is 0. The summed E-state index contributed by atoms with van der Waals surface area (Å²) in [5.41, 5.74) is -4.42. The zero-order valence-electron chi connectivity index (χ0n) is 50.0. The van der Waals surface area contributed by atoms with Crippen LogP contribution in [0.15, 0.2) is 23.3 Å². The molecule has 0 aromatic carbocycles. The van der Waals surface area contributed by atoms with Crippen molar-refractivity contribution in [1.82, 2.24) is 0 Å². The van der Waals surface area contributed by atoms with Gasteiger partial charge in [-0.15, -0.1) is 0 Å². The lowest BCUT2D eigenvalue weighted by Gasteiger charge is -2.72. The number of aliphatic carboxylic acids is 1. The van der Waals surface area contributed by atoms with E-state index in [0.717, 1.165) is 11.9 Å². The van der Waals surface area contributed by atoms with Crippen LogP contribution in [0.2, 0.25) is 0 Å². The summed E-state index contributed by atoms with van der Waals surface area (Å²) in [5.74, 6) is -4.18. The maximum atomic E-state index is 14.2. The maximum absolute atomic E-state index is 14.2. The van der Waals surface area contributed by atoms with Crippen LogP contribution in [0.3, 0.4) is 0 Å². The molecule has 488 valence electrons. The SMILES string of the molecule is C/C=C(/C)C(=O)O[C@H]1[C@H](O)[C@]2(COC(C)=O)[C@H](O)C[C@]3(C)C(=CC[C@@H]4[C@@]5(C)CC[C@H](O[C@@H]6O[C@H](C(=O)O)[C@@H](O)[C@H](O[C@@H]7OC[C@H](O)[C@H](O)[C@H]7O[C@@H]7OC[C@@H](O)[C@H](O)[C@H]7O)[C@H]6O[C@@H]6O[C@H](CO)[C@H](O)[C@H](O)[C@H]6O)[C@@](C)(C=O)C5CC[C@]43C)[C@@H]2CC1(C)C. The van der Waals surface area contributed by atoms with Gasteiger partial charge >= 0.3 is 17.9 Å². The first kappa shape index (κ1) is 67.2. The highest BCUT2D eigenvalue weighted by Gasteiger charge is 2.74. The van der Waals surface area contributed by atoms with Crippen molar-refractivity contribution in [2.24, 2.45) is 50.2 Å². The highest BCUT2D eigenvalue weighted by atomic mass is 16.8. The van der Waals surface area contributed by atoms with Crippen molar-refractivity contribution < 1.29 is 133 Å². The summed E-state index contributed by atoms with van der Waals surface area (Å²) in [5, 5.41) is 145. The molecule has 0 amide bonds. The van der Waals surface area contributed by atoms with Crippen molar-refractivity contribution >= 4 is 24.2 Å². The molecule has 4 aliphatic heterocycles. The minimum atomic E-state index is -2.28. The lowest BCUT2D eigenvalue weighted by molar-refractivity contribution is -0.398. The fraction of sp³-hybridized carbons (Fsp3) is 0.864. The van der Waals surface area contributed by atoms with Crippen molar-refractivity contribution in [3.05, 3.63) is 23.3 Å². The molecule has 0 aromatic rings. The number of hydrogen-bond acceptors (Lipinski definition) is 26. The topological polar surface area (TPSA) is 424 Å². The Morgan fingerprint density at radius 3 is 1.94 bits per heavy atom. The van der Waals surface area contributed by atoms with E-state index >= 15 is 0 Å². The number of carboxylic acids is 1. The second-order valence-corrected chi connectivity index (χ2v) is 27.3. The predicted molar refractivity (Wildman–Crippen MR) is 289 cm³/mol. The second kappa shape index (κ2) is 24.8. The summed E-state index contributed by atoms with van der Waals surface area (Å²) in [6, 6.07) is 0. The monoisotopic (exact) mass is 1230 g/mol. The molecule has 9 aliphatic rings. The third-order valence-corrected chi connectivity index (χ3v) is 22.2. The molecule has 1 unspecified atom stereocenters. The molecule has 8 fully saturated rings. The highest BCUT2D eigenvalue weighted by Crippen LogP contribution is 2.76. The van der Waals surface area contributed by atoms with Gasteiger partial charge in [-0.05, 0) is 92.8 Å². The van der Waals surface area contributed by atoms with E-state index in [0.29, 0.717) is 37.7 Å². The van der Waals surface area contributed by atoms with Gasteiger partial charge in [-0.2, -0.15) is 0 Å². The Balaban J connectivity index is 1.05. The van der Waals surface area contributed by atoms with Gasteiger partial charge in [-0.1, -0.05) is 59.3 Å². The average molecular weight is 1230 g/mol. The van der Waals surface area contributed by atoms with Crippen LogP contribution in [0.25, 0.3) is 0 Å². The number of ether oxygens (including phenoxy) is 10. The minimum Gasteiger partial charge on any atom is -0.479 e. The first-order valence-electron chi connectivity index (χ1n) is 29.8. The number of fused-ring (bicyclic) bond motifs is 7. The zero-order valence-corrected chi connectivity index (χ0v) is 50.0. The van der Waals surface area contributed by atoms with Crippen molar-refractivity contribution in [1.29, 1.82) is 0 Å². The van der Waals surface area contributed by atoms with Crippen LogP contribution >= 0.6 is 0 Å². The molecular formula is C59H90O27. The minimum absolute atomic E-state index is 0.112. The van der Waals surface area contributed by atoms with E-state index in [4.69, 9.17) is 47.4 Å². The lowest BCUT2D eigenvalue weighted by atomic mass is 9.33. The first-order chi connectivity index (χ1) is 40.2. The number of carbonyl (C=O) groups excluding carboxylic acids is 3. The lowest BCUT2D eigenvalue weighted by Crippen LogP contribution is -2.72. The molecular weight excluding hydrogens is 1140 g/mol. The largest absolute Gasteiger partial charge is 0.479 e. The zero-order chi connectivity index (χ0) is 63.3. The molecule has 9 rings (SSSR count). The molecule has 4 saturated heterocycles. The third-order valence-electron chi connectivity index (χ3n) is 22.2. The van der Waals surface area contributed by atoms with Gasteiger partial charge in [-0.25, -0.2) is 9.59 Å². The number of aliphatic hydroxyl groups excluding tert-OH is 12. The third kappa shape index (κ3) is 11.0. The number of aliphatic hydroxyl groups is 12. The summed E-state index contributed by atoms with van der Waals surface area (Å²) in [6.45, 7) is 14.1. The van der Waals surface area contributed by atoms with Gasteiger partial charge in [-0.3, -0.25) is 4.79 Å². The number of rotatable bonds is 15. The summed E-state index contributed by atoms with van der Waals surface area (Å²) in [6.07, 6.45) is -32.7. The molecule has 86 heavy (non-hydrogen) atoms. The van der Waals surface area contributed by atoms with Crippen LogP contribution in [0.4, 0.5) is 0 Å². The molecule has 4 saturated carbocycles. The summed E-state index contributed by atoms with van der Waals surface area (Å²) >= 11 is 0. The van der Waals surface area contributed by atoms with Crippen molar-refractivity contribution in [3.8, 4) is 0 Å². The van der Waals surface area contributed by atoms with Crippen LogP contribution in [-0.2, 0) is 66.5 Å². The van der Waals surface area contributed by atoms with E-state index in [1.807, 2.05) is 13.8 Å². The Hall–Kier alpha value is -3.24. The van der Waals surface area contributed by atoms with Gasteiger partial charge in [0.1, 0.15) is 104 Å². The van der Waals surface area contributed by atoms with Crippen molar-refractivity contribution in [2.45, 2.75) is 242 Å². The van der Waals surface area contributed by atoms with E-state index < -0.39 is 217 Å². The molecule has 0 radical (unpaired) electrons. The molecule has 13 N–H and O–H groups in total. The van der Waals surface area contributed by atoms with Crippen LogP contribution in [0, 0.1) is 50.2 Å². The van der Waals surface area contributed by atoms with Gasteiger partial charge in [0, 0.05) is 17.9 Å². The summed E-state index contributed by atoms with van der Waals surface area (Å²) < 4.78 is 60.0. The molecule has 5 aliphatic carbocycles. The van der Waals surface area contributed by atoms with Crippen LogP contribution < -0.4 is 0 Å². The van der Waals surface area contributed by atoms with Gasteiger partial charge in [0.25, 0.3) is 0 Å². The van der Waals surface area contributed by atoms with Gasteiger partial charge in [0.15, 0.2) is 31.3 Å². The second-order valence-electron chi connectivity index (χ2n) is 27.3. The Bertz CT molecular complexity index is 2550. The molecule has 27 heteroatoms. The van der Waals surface area contributed by atoms with Gasteiger partial charge in [0.05, 0.1) is 42.9 Å². The number of esters is 2. The number of carbonyl (C=O) groups is 4. The quantitative estimate of drug-likeness (QED) is 0.0277. The van der Waals surface area contributed by atoms with E-state index in [1.165, 1.54) is 6.92 Å². The predicted octanol–water partition coefficient (Wildman–Crippen LogP) is -2.01. The van der Waals surface area contributed by atoms with E-state index in [9.17, 15) is 85.6 Å². The van der Waals surface area contributed by atoms with E-state index in [-0.39, 0.29) is 25.4 Å². The fourth-order valence-electron chi connectivity index (χ4n) is 16.9. The molecule has 0 aromatic heterocycles. The number of carboxylic acid groups (broad SMARTS) is 1. The maximum Gasteiger partial charge on any atom is 0.335 e. The molecule has 30 atom stereocenters. The molecule has 0 spiro atoms. The van der Waals surface area contributed by atoms with Gasteiger partial charge in [0.2, 0.25) is 0 Å². The van der Waals surface area contributed by atoms with Crippen molar-refractivity contribution in [2.75, 3.05) is 26.4 Å². The highest BCUT2D eigenvalue weighted by molar-refractivity contribution is 5.87. The Morgan fingerprint density at radius 2 is 1.31 bits per heavy atom. The first-order valence-corrected chi connectivity index (χ1v) is 29.8. The Labute approximate surface area is 498 Å². The standard InChI is InChI=1S/C59H90O27/c1-10-24(2)49(76)86-47-46(73)59(23-79-25(3)62)27(17-54(47,4)5)26-11-12-32-55(6)15-14-34(56(7,22-61)31(55)13-16-57(32,8)58(26,9)18-33(59)65)81-53-45(85-51-40(71)38(69)37(68)30(19-60)80-51)42(41(72)43(83-53)48(74)75)82-52-44(36(67)29(64)21-78-52)84-50-39(70)35(66)28(63)20-77-50/h10-11,22,27-47,50-53,60,63-73H,12-21,23H2,1-9H3,(H,74,75)/b24-10-/t27-,28+,29-,30+,31?,32+,33+,34-,35-,36-,37-,38-,39+,40+,41-,42-,43-,44+,45+,46-,47-,50-,51-,52-,53+,55-,56-,57+,58+,59-/m0/s1. The normalized spacial score (nSPS) is 51.1. The van der Waals surface area contributed by atoms with Crippen molar-refractivity contribution in [3.63, 3.8) is 0 Å². The van der Waals surface area contributed by atoms with E-state index in [2.05, 4.69) is 26.8 Å². The van der Waals surface area contributed by atoms with E-state index in [1.54, 1.807) is 26.8 Å². The molecule has 27 nitrogen and oxygen atoms in total. The number of hydrogen-bond donors (Lipinski definition) is 13. The van der Waals surface area contributed by atoms with Gasteiger partial charge < -0.3 is 119 Å². The van der Waals surface area contributed by atoms with Crippen LogP contribution in [-0.4, -0.2) is 252 Å². The number of aldehydes is 1. The fourth-order valence-corrected chi connectivity index (χ4v) is 16.9. The Morgan fingerprint density at radius 1 is 0.686 bits per heavy atom. The Kier molecular flexibility index (Phi) is 19.3. The molecule has 4 heterocycles. The van der Waals surface area contributed by atoms with Crippen LogP contribution in [0.1, 0.15) is 107 Å². The van der Waals surface area contributed by atoms with Crippen LogP contribution in [0.5, 0.6) is 0 Å². The summed E-state index contributed by atoms with van der Waals surface area (Å²) in [4.78, 5) is 53.3. The smallest absolute Gasteiger partial charge is 0.335 e. The number of allylic oxidation sites excluding steroid dienone is 3. The average Bonchev–Trinajstić information content (AvgIpc) is 0.771. The molecule has 0 bridgehead atoms.